The fourth-order valence-corrected chi connectivity index (χ4v) is 3.45. The monoisotopic (exact) mass is 307 g/mol. The molecule has 3 N–H and O–H groups in total. The fraction of sp³-hybridized carbons (Fsp3) is 0.154. The number of carbonyl (C=O) groups is 2. The number of nitrogens with two attached hydrogens (primary N) is 1. The number of hydrogen-bond acceptors (Lipinski definition) is 5. The van der Waals surface area contributed by atoms with Crippen LogP contribution in [0.2, 0.25) is 0 Å². The second-order valence-electron chi connectivity index (χ2n) is 3.98. The van der Waals surface area contributed by atoms with Crippen LogP contribution in [0.25, 0.3) is 11.3 Å². The van der Waals surface area contributed by atoms with Gasteiger partial charge >= 0.3 is 6.03 Å². The van der Waals surface area contributed by atoms with E-state index >= 15 is 0 Å². The largest absolute Gasteiger partial charge is 0.351 e. The molecule has 0 bridgehead atoms. The van der Waals surface area contributed by atoms with E-state index in [0.717, 1.165) is 15.6 Å². The molecule has 0 aliphatic heterocycles. The van der Waals surface area contributed by atoms with Crippen LogP contribution in [0.1, 0.15) is 6.92 Å². The minimum absolute atomic E-state index is 0.418. The van der Waals surface area contributed by atoms with E-state index in [1.54, 1.807) is 6.92 Å². The number of primary amides is 1. The first-order chi connectivity index (χ1) is 9.56. The van der Waals surface area contributed by atoms with Crippen molar-refractivity contribution in [1.29, 1.82) is 0 Å². The molecular weight excluding hydrogens is 294 g/mol. The van der Waals surface area contributed by atoms with Crippen LogP contribution in [-0.2, 0) is 4.79 Å². The molecule has 1 aromatic heterocycles. The van der Waals surface area contributed by atoms with E-state index in [4.69, 9.17) is 5.73 Å². The molecule has 0 saturated carbocycles. The first-order valence-corrected chi connectivity index (χ1v) is 7.60. The topological polar surface area (TPSA) is 85.1 Å². The van der Waals surface area contributed by atoms with Gasteiger partial charge in [-0.3, -0.25) is 10.1 Å². The Morgan fingerprint density at radius 2 is 2.05 bits per heavy atom. The molecule has 3 amide bonds. The number of nitrogens with zero attached hydrogens (tertiary/aromatic N) is 1. The molecule has 2 rings (SSSR count). The number of thiazole rings is 1. The summed E-state index contributed by atoms with van der Waals surface area (Å²) in [4.78, 5) is 26.7. The van der Waals surface area contributed by atoms with Crippen LogP contribution >= 0.6 is 23.1 Å². The number of benzene rings is 1. The Kier molecular flexibility index (Phi) is 4.75. The highest BCUT2D eigenvalue weighted by Crippen LogP contribution is 2.30. The van der Waals surface area contributed by atoms with E-state index in [9.17, 15) is 9.59 Å². The molecule has 1 atom stereocenters. The molecule has 0 aliphatic rings. The van der Waals surface area contributed by atoms with Gasteiger partial charge in [0, 0.05) is 10.9 Å². The van der Waals surface area contributed by atoms with Crippen molar-refractivity contribution in [1.82, 2.24) is 10.3 Å². The number of thioether (sulfide) groups is 1. The number of rotatable bonds is 4. The van der Waals surface area contributed by atoms with Gasteiger partial charge in [-0.15, -0.1) is 11.3 Å². The van der Waals surface area contributed by atoms with Gasteiger partial charge in [-0.25, -0.2) is 9.78 Å². The smallest absolute Gasteiger partial charge is 0.318 e. The zero-order valence-corrected chi connectivity index (χ0v) is 12.3. The molecule has 2 aromatic rings. The first-order valence-electron chi connectivity index (χ1n) is 5.84. The lowest BCUT2D eigenvalue weighted by Crippen LogP contribution is -2.39. The molecular formula is C13H13N3O2S2. The maximum absolute atomic E-state index is 11.6. The third kappa shape index (κ3) is 3.82. The summed E-state index contributed by atoms with van der Waals surface area (Å²) < 4.78 is 0.774. The highest BCUT2D eigenvalue weighted by Gasteiger charge is 2.17. The lowest BCUT2D eigenvalue weighted by atomic mass is 10.2. The van der Waals surface area contributed by atoms with Crippen molar-refractivity contribution in [3.8, 4) is 11.3 Å². The van der Waals surface area contributed by atoms with Gasteiger partial charge in [0.1, 0.15) is 0 Å². The van der Waals surface area contributed by atoms with Crippen LogP contribution in [0.3, 0.4) is 0 Å². The number of imide groups is 1. The SMILES string of the molecule is CC(Sc1nc(-c2ccccc2)cs1)C(=O)NC(N)=O. The quantitative estimate of drug-likeness (QED) is 0.850. The molecule has 0 fully saturated rings. The minimum Gasteiger partial charge on any atom is -0.351 e. The van der Waals surface area contributed by atoms with Crippen molar-refractivity contribution >= 4 is 35.0 Å². The Morgan fingerprint density at radius 1 is 1.35 bits per heavy atom. The summed E-state index contributed by atoms with van der Waals surface area (Å²) in [5.41, 5.74) is 6.82. The number of amides is 3. The Morgan fingerprint density at radius 3 is 2.70 bits per heavy atom. The number of urea groups is 1. The molecule has 20 heavy (non-hydrogen) atoms. The van der Waals surface area contributed by atoms with Crippen LogP contribution in [0.15, 0.2) is 40.1 Å². The average molecular weight is 307 g/mol. The van der Waals surface area contributed by atoms with E-state index in [-0.39, 0.29) is 0 Å². The normalized spacial score (nSPS) is 11.8. The van der Waals surface area contributed by atoms with Gasteiger partial charge in [0.15, 0.2) is 4.34 Å². The summed E-state index contributed by atoms with van der Waals surface area (Å²) in [5.74, 6) is -0.418. The summed E-state index contributed by atoms with van der Waals surface area (Å²) >= 11 is 2.76. The summed E-state index contributed by atoms with van der Waals surface area (Å²) in [7, 11) is 0. The number of hydrogen-bond donors (Lipinski definition) is 2. The van der Waals surface area contributed by atoms with Crippen LogP contribution in [-0.4, -0.2) is 22.2 Å². The van der Waals surface area contributed by atoms with Crippen molar-refractivity contribution in [3.05, 3.63) is 35.7 Å². The molecule has 1 heterocycles. The van der Waals surface area contributed by atoms with Crippen LogP contribution < -0.4 is 11.1 Å². The molecule has 0 spiro atoms. The highest BCUT2D eigenvalue weighted by molar-refractivity contribution is 8.02. The highest BCUT2D eigenvalue weighted by atomic mass is 32.2. The van der Waals surface area contributed by atoms with Gasteiger partial charge in [0.25, 0.3) is 0 Å². The van der Waals surface area contributed by atoms with Crippen LogP contribution in [0.5, 0.6) is 0 Å². The number of carbonyl (C=O) groups excluding carboxylic acids is 2. The second kappa shape index (κ2) is 6.53. The Hall–Kier alpha value is -1.86. The number of aromatic nitrogens is 1. The van der Waals surface area contributed by atoms with Crippen LogP contribution in [0.4, 0.5) is 4.79 Å². The Balaban J connectivity index is 2.03. The third-order valence-electron chi connectivity index (χ3n) is 2.45. The summed E-state index contributed by atoms with van der Waals surface area (Å²) in [6, 6.07) is 8.96. The van der Waals surface area contributed by atoms with Crippen molar-refractivity contribution < 1.29 is 9.59 Å². The van der Waals surface area contributed by atoms with Gasteiger partial charge in [-0.05, 0) is 6.92 Å². The molecule has 7 heteroatoms. The molecule has 0 saturated heterocycles. The Labute approximate surface area is 124 Å². The summed E-state index contributed by atoms with van der Waals surface area (Å²) in [6.45, 7) is 1.70. The molecule has 1 aromatic carbocycles. The van der Waals surface area contributed by atoms with E-state index < -0.39 is 17.2 Å². The zero-order chi connectivity index (χ0) is 14.5. The van der Waals surface area contributed by atoms with Gasteiger partial charge in [-0.2, -0.15) is 0 Å². The Bertz CT molecular complexity index is 613. The maximum atomic E-state index is 11.6. The average Bonchev–Trinajstić information content (AvgIpc) is 2.87. The van der Waals surface area contributed by atoms with Crippen LogP contribution in [0, 0.1) is 0 Å². The van der Waals surface area contributed by atoms with E-state index in [1.165, 1.54) is 23.1 Å². The standard InChI is InChI=1S/C13H13N3O2S2/c1-8(11(17)16-12(14)18)20-13-15-10(7-19-13)9-5-3-2-4-6-9/h2-8H,1H3,(H3,14,16,17,18). The van der Waals surface area contributed by atoms with E-state index in [1.807, 2.05) is 35.7 Å². The van der Waals surface area contributed by atoms with Crippen molar-refractivity contribution in [3.63, 3.8) is 0 Å². The van der Waals surface area contributed by atoms with Crippen molar-refractivity contribution in [2.24, 2.45) is 5.73 Å². The van der Waals surface area contributed by atoms with Gasteiger partial charge in [-0.1, -0.05) is 42.1 Å². The molecule has 104 valence electrons. The first kappa shape index (κ1) is 14.5. The second-order valence-corrected chi connectivity index (χ2v) is 6.42. The maximum Gasteiger partial charge on any atom is 0.318 e. The lowest BCUT2D eigenvalue weighted by molar-refractivity contribution is -0.119. The minimum atomic E-state index is -0.841. The third-order valence-corrected chi connectivity index (χ3v) is 4.52. The molecule has 0 radical (unpaired) electrons. The zero-order valence-electron chi connectivity index (χ0n) is 10.7. The van der Waals surface area contributed by atoms with E-state index in [0.29, 0.717) is 0 Å². The molecule has 0 aliphatic carbocycles. The lowest BCUT2D eigenvalue weighted by Gasteiger charge is -2.07. The predicted octanol–water partition coefficient (Wildman–Crippen LogP) is 2.49. The van der Waals surface area contributed by atoms with Gasteiger partial charge in [0.2, 0.25) is 5.91 Å². The van der Waals surface area contributed by atoms with Crippen molar-refractivity contribution in [2.45, 2.75) is 16.5 Å². The number of nitrogens with one attached hydrogen (secondary N) is 1. The molecule has 5 nitrogen and oxygen atoms in total. The van der Waals surface area contributed by atoms with Gasteiger partial charge in [0.05, 0.1) is 10.9 Å². The predicted molar refractivity (Wildman–Crippen MR) is 80.6 cm³/mol. The van der Waals surface area contributed by atoms with Gasteiger partial charge < -0.3 is 5.73 Å². The molecule has 1 unspecified atom stereocenters. The fourth-order valence-electron chi connectivity index (χ4n) is 1.48. The summed E-state index contributed by atoms with van der Waals surface area (Å²) in [5, 5.41) is 3.56. The van der Waals surface area contributed by atoms with Crippen molar-refractivity contribution in [2.75, 3.05) is 0 Å². The van der Waals surface area contributed by atoms with E-state index in [2.05, 4.69) is 10.3 Å². The summed E-state index contributed by atoms with van der Waals surface area (Å²) in [6.07, 6.45) is 0.